The third kappa shape index (κ3) is 3.64. The molecule has 0 radical (unpaired) electrons. The highest BCUT2D eigenvalue weighted by molar-refractivity contribution is 7.99. The summed E-state index contributed by atoms with van der Waals surface area (Å²) in [5.74, 6) is 3.59. The summed E-state index contributed by atoms with van der Waals surface area (Å²) in [5, 5.41) is 3.88. The molecule has 1 N–H and O–H groups in total. The van der Waals surface area contributed by atoms with Gasteiger partial charge in [0.2, 0.25) is 0 Å². The first-order chi connectivity index (χ1) is 8.62. The van der Waals surface area contributed by atoms with Crippen molar-refractivity contribution in [3.63, 3.8) is 0 Å². The summed E-state index contributed by atoms with van der Waals surface area (Å²) in [6, 6.07) is 0.778. The van der Waals surface area contributed by atoms with E-state index in [9.17, 15) is 0 Å². The summed E-state index contributed by atoms with van der Waals surface area (Å²) < 4.78 is 0. The van der Waals surface area contributed by atoms with E-state index in [2.05, 4.69) is 43.0 Å². The van der Waals surface area contributed by atoms with Gasteiger partial charge in [-0.3, -0.25) is 0 Å². The Morgan fingerprint density at radius 1 is 1.22 bits per heavy atom. The zero-order valence-corrected chi connectivity index (χ0v) is 13.2. The molecule has 106 valence electrons. The van der Waals surface area contributed by atoms with Crippen molar-refractivity contribution < 1.29 is 0 Å². The highest BCUT2D eigenvalue weighted by Crippen LogP contribution is 2.35. The van der Waals surface area contributed by atoms with Crippen LogP contribution < -0.4 is 5.32 Å². The molecule has 2 rings (SSSR count). The summed E-state index contributed by atoms with van der Waals surface area (Å²) in [7, 11) is 4.55. The third-order valence-corrected chi connectivity index (χ3v) is 6.01. The molecule has 2 atom stereocenters. The fraction of sp³-hybridized carbons (Fsp3) is 1.00. The molecule has 2 unspecified atom stereocenters. The van der Waals surface area contributed by atoms with Crippen LogP contribution in [0.15, 0.2) is 0 Å². The van der Waals surface area contributed by atoms with E-state index in [1.165, 1.54) is 56.6 Å². The quantitative estimate of drug-likeness (QED) is 0.845. The highest BCUT2D eigenvalue weighted by atomic mass is 32.2. The van der Waals surface area contributed by atoms with Crippen molar-refractivity contribution >= 4 is 11.8 Å². The maximum Gasteiger partial charge on any atom is 0.0330 e. The second-order valence-electron chi connectivity index (χ2n) is 6.59. The Kier molecular flexibility index (Phi) is 5.40. The van der Waals surface area contributed by atoms with Crippen molar-refractivity contribution in [2.45, 2.75) is 57.0 Å². The molecule has 0 aromatic rings. The summed E-state index contributed by atoms with van der Waals surface area (Å²) >= 11 is 2.12. The van der Waals surface area contributed by atoms with Crippen molar-refractivity contribution in [3.8, 4) is 0 Å². The lowest BCUT2D eigenvalue weighted by atomic mass is 9.75. The number of hydrogen-bond donors (Lipinski definition) is 1. The van der Waals surface area contributed by atoms with Crippen LogP contribution >= 0.6 is 11.8 Å². The topological polar surface area (TPSA) is 15.3 Å². The van der Waals surface area contributed by atoms with Gasteiger partial charge in [0.25, 0.3) is 0 Å². The van der Waals surface area contributed by atoms with Crippen molar-refractivity contribution in [3.05, 3.63) is 0 Å². The number of nitrogens with one attached hydrogen (secondary N) is 1. The van der Waals surface area contributed by atoms with Crippen molar-refractivity contribution in [1.29, 1.82) is 0 Å². The molecule has 0 bridgehead atoms. The van der Waals surface area contributed by atoms with Crippen LogP contribution in [-0.4, -0.2) is 48.6 Å². The van der Waals surface area contributed by atoms with Crippen molar-refractivity contribution in [2.24, 2.45) is 5.92 Å². The summed E-state index contributed by atoms with van der Waals surface area (Å²) in [6.07, 6.45) is 8.30. The first-order valence-corrected chi connectivity index (χ1v) is 8.76. The standard InChI is InChI=1S/C15H30N2S/c1-13-5-4-8-15(11-13,17(2)3)12-16-14-6-9-18-10-7-14/h13-14,16H,4-12H2,1-3H3. The lowest BCUT2D eigenvalue weighted by molar-refractivity contribution is 0.0719. The second kappa shape index (κ2) is 6.62. The molecule has 1 aliphatic heterocycles. The molecule has 0 aromatic carbocycles. The number of rotatable bonds is 4. The van der Waals surface area contributed by atoms with E-state index in [4.69, 9.17) is 0 Å². The molecule has 18 heavy (non-hydrogen) atoms. The van der Waals surface area contributed by atoms with Crippen LogP contribution in [0.1, 0.15) is 45.4 Å². The van der Waals surface area contributed by atoms with Gasteiger partial charge in [0.15, 0.2) is 0 Å². The van der Waals surface area contributed by atoms with Crippen molar-refractivity contribution in [1.82, 2.24) is 10.2 Å². The van der Waals surface area contributed by atoms with Crippen LogP contribution in [0.4, 0.5) is 0 Å². The molecule has 1 aliphatic carbocycles. The average Bonchev–Trinajstić information content (AvgIpc) is 2.37. The molecule has 1 heterocycles. The summed E-state index contributed by atoms with van der Waals surface area (Å²) in [4.78, 5) is 2.49. The number of likely N-dealkylation sites (N-methyl/N-ethyl adjacent to an activating group) is 1. The fourth-order valence-electron chi connectivity index (χ4n) is 3.59. The smallest absolute Gasteiger partial charge is 0.0330 e. The predicted octanol–water partition coefficient (Wildman–Crippen LogP) is 2.98. The second-order valence-corrected chi connectivity index (χ2v) is 7.81. The molecule has 1 saturated heterocycles. The van der Waals surface area contributed by atoms with E-state index < -0.39 is 0 Å². The SMILES string of the molecule is CC1CCCC(CNC2CCSCC2)(N(C)C)C1. The Hall–Kier alpha value is 0.270. The Morgan fingerprint density at radius 2 is 1.94 bits per heavy atom. The molecule has 2 nitrogen and oxygen atoms in total. The normalized spacial score (nSPS) is 35.0. The van der Waals surface area contributed by atoms with Crippen LogP contribution in [0.5, 0.6) is 0 Å². The minimum Gasteiger partial charge on any atom is -0.312 e. The van der Waals surface area contributed by atoms with Crippen LogP contribution in [0, 0.1) is 5.92 Å². The van der Waals surface area contributed by atoms with Gasteiger partial charge in [-0.25, -0.2) is 0 Å². The maximum atomic E-state index is 3.88. The van der Waals surface area contributed by atoms with Gasteiger partial charge >= 0.3 is 0 Å². The molecule has 2 fully saturated rings. The van der Waals surface area contributed by atoms with E-state index in [0.29, 0.717) is 5.54 Å². The fourth-order valence-corrected chi connectivity index (χ4v) is 4.70. The van der Waals surface area contributed by atoms with Gasteiger partial charge in [0, 0.05) is 18.1 Å². The highest BCUT2D eigenvalue weighted by Gasteiger charge is 2.37. The number of nitrogens with zero attached hydrogens (tertiary/aromatic N) is 1. The van der Waals surface area contributed by atoms with E-state index in [1.54, 1.807) is 0 Å². The summed E-state index contributed by atoms with van der Waals surface area (Å²) in [6.45, 7) is 3.62. The van der Waals surface area contributed by atoms with Gasteiger partial charge in [0.05, 0.1) is 0 Å². The van der Waals surface area contributed by atoms with E-state index in [1.807, 2.05) is 0 Å². The third-order valence-electron chi connectivity index (χ3n) is 4.96. The Labute approximate surface area is 117 Å². The van der Waals surface area contributed by atoms with Gasteiger partial charge in [-0.05, 0) is 57.2 Å². The van der Waals surface area contributed by atoms with Crippen molar-refractivity contribution in [2.75, 3.05) is 32.1 Å². The minimum atomic E-state index is 0.419. The summed E-state index contributed by atoms with van der Waals surface area (Å²) in [5.41, 5.74) is 0.419. The molecule has 0 spiro atoms. The van der Waals surface area contributed by atoms with Crippen LogP contribution in [0.25, 0.3) is 0 Å². The molecular formula is C15H30N2S. The van der Waals surface area contributed by atoms with Gasteiger partial charge in [-0.1, -0.05) is 19.8 Å². The zero-order valence-electron chi connectivity index (χ0n) is 12.4. The zero-order chi connectivity index (χ0) is 13.0. The molecule has 1 saturated carbocycles. The van der Waals surface area contributed by atoms with Gasteiger partial charge in [0.1, 0.15) is 0 Å². The molecular weight excluding hydrogens is 240 g/mol. The largest absolute Gasteiger partial charge is 0.312 e. The lowest BCUT2D eigenvalue weighted by Crippen LogP contribution is -2.55. The minimum absolute atomic E-state index is 0.419. The molecule has 3 heteroatoms. The number of thioether (sulfide) groups is 1. The lowest BCUT2D eigenvalue weighted by Gasteiger charge is -2.46. The van der Waals surface area contributed by atoms with Gasteiger partial charge in [-0.15, -0.1) is 0 Å². The van der Waals surface area contributed by atoms with E-state index in [-0.39, 0.29) is 0 Å². The van der Waals surface area contributed by atoms with Gasteiger partial charge < -0.3 is 10.2 Å². The van der Waals surface area contributed by atoms with Gasteiger partial charge in [-0.2, -0.15) is 11.8 Å². The monoisotopic (exact) mass is 270 g/mol. The Bertz CT molecular complexity index is 251. The maximum absolute atomic E-state index is 3.88. The molecule has 2 aliphatic rings. The Balaban J connectivity index is 1.89. The first-order valence-electron chi connectivity index (χ1n) is 7.61. The average molecular weight is 270 g/mol. The molecule has 0 aromatic heterocycles. The first kappa shape index (κ1) is 14.7. The predicted molar refractivity (Wildman–Crippen MR) is 82.4 cm³/mol. The molecule has 0 amide bonds. The van der Waals surface area contributed by atoms with E-state index >= 15 is 0 Å². The van der Waals surface area contributed by atoms with E-state index in [0.717, 1.165) is 12.0 Å². The number of hydrogen-bond acceptors (Lipinski definition) is 3. The Morgan fingerprint density at radius 3 is 2.56 bits per heavy atom. The van der Waals surface area contributed by atoms with Crippen LogP contribution in [0.2, 0.25) is 0 Å². The van der Waals surface area contributed by atoms with Crippen LogP contribution in [0.3, 0.4) is 0 Å². The van der Waals surface area contributed by atoms with Crippen LogP contribution in [-0.2, 0) is 0 Å².